The molecular weight excluding hydrogens is 258 g/mol. The molecule has 0 unspecified atom stereocenters. The summed E-state index contributed by atoms with van der Waals surface area (Å²) in [6.07, 6.45) is 3.48. The molecule has 15 heavy (non-hydrogen) atoms. The van der Waals surface area contributed by atoms with E-state index in [1.807, 2.05) is 12.1 Å². The zero-order valence-electron chi connectivity index (χ0n) is 8.18. The van der Waals surface area contributed by atoms with E-state index >= 15 is 0 Å². The average molecular weight is 268 g/mol. The minimum Gasteiger partial charge on any atom is -0.364 e. The first-order chi connectivity index (χ1) is 7.24. The minimum atomic E-state index is 0.627. The van der Waals surface area contributed by atoms with Gasteiger partial charge in [-0.25, -0.2) is 4.98 Å². The smallest absolute Gasteiger partial charge is 0.126 e. The monoisotopic (exact) mass is 267 g/mol. The lowest BCUT2D eigenvalue weighted by molar-refractivity contribution is 0.646. The molecule has 1 N–H and O–H groups in total. The molecule has 0 radical (unpaired) electrons. The van der Waals surface area contributed by atoms with Crippen LogP contribution in [-0.4, -0.2) is 20.0 Å². The van der Waals surface area contributed by atoms with Crippen molar-refractivity contribution in [3.63, 3.8) is 0 Å². The predicted octanol–water partition coefficient (Wildman–Crippen LogP) is 1.58. The number of pyridine rings is 1. The average Bonchev–Trinajstić information content (AvgIpc) is 2.64. The summed E-state index contributed by atoms with van der Waals surface area (Å²) in [5.74, 6) is 0.823. The summed E-state index contributed by atoms with van der Waals surface area (Å²) in [7, 11) is 1.79. The normalized spacial score (nSPS) is 10.3. The van der Waals surface area contributed by atoms with Crippen LogP contribution in [0.4, 0.5) is 5.82 Å². The van der Waals surface area contributed by atoms with Crippen LogP contribution in [0.1, 0.15) is 5.69 Å². The molecule has 0 fully saturated rings. The van der Waals surface area contributed by atoms with Crippen LogP contribution in [0.5, 0.6) is 0 Å². The molecule has 78 valence electrons. The van der Waals surface area contributed by atoms with E-state index in [0.29, 0.717) is 6.54 Å². The lowest BCUT2D eigenvalue weighted by Gasteiger charge is -2.02. The van der Waals surface area contributed by atoms with Gasteiger partial charge in [0.05, 0.1) is 12.7 Å². The molecule has 6 heteroatoms. The number of aromatic nitrogens is 4. The second kappa shape index (κ2) is 4.39. The summed E-state index contributed by atoms with van der Waals surface area (Å²) in [4.78, 5) is 5.72. The quantitative estimate of drug-likeness (QED) is 0.918. The molecule has 2 aromatic rings. The first kappa shape index (κ1) is 10.1. The fourth-order valence-electron chi connectivity index (χ4n) is 1.13. The molecule has 0 saturated heterocycles. The first-order valence-corrected chi connectivity index (χ1v) is 5.24. The van der Waals surface area contributed by atoms with Gasteiger partial charge in [-0.2, -0.15) is 15.0 Å². The van der Waals surface area contributed by atoms with Gasteiger partial charge in [0, 0.05) is 17.7 Å². The summed E-state index contributed by atoms with van der Waals surface area (Å²) >= 11 is 3.33. The van der Waals surface area contributed by atoms with Crippen molar-refractivity contribution < 1.29 is 0 Å². The highest BCUT2D eigenvalue weighted by molar-refractivity contribution is 9.10. The van der Waals surface area contributed by atoms with Crippen LogP contribution in [-0.2, 0) is 13.6 Å². The van der Waals surface area contributed by atoms with Crippen molar-refractivity contribution in [1.29, 1.82) is 0 Å². The Morgan fingerprint density at radius 2 is 2.27 bits per heavy atom. The van der Waals surface area contributed by atoms with Crippen LogP contribution in [0.3, 0.4) is 0 Å². The van der Waals surface area contributed by atoms with Gasteiger partial charge in [0.15, 0.2) is 0 Å². The zero-order chi connectivity index (χ0) is 10.7. The molecule has 0 bridgehead atoms. The van der Waals surface area contributed by atoms with Crippen LogP contribution >= 0.6 is 15.9 Å². The van der Waals surface area contributed by atoms with Gasteiger partial charge < -0.3 is 5.32 Å². The molecule has 0 aliphatic heterocycles. The SMILES string of the molecule is Cn1ncc(CNc2ccc(Br)cn2)n1. The van der Waals surface area contributed by atoms with Gasteiger partial charge in [-0.3, -0.25) is 0 Å². The maximum absolute atomic E-state index is 4.19. The van der Waals surface area contributed by atoms with Crippen molar-refractivity contribution in [2.45, 2.75) is 6.54 Å². The molecule has 0 atom stereocenters. The van der Waals surface area contributed by atoms with Crippen LogP contribution < -0.4 is 5.32 Å². The highest BCUT2D eigenvalue weighted by atomic mass is 79.9. The van der Waals surface area contributed by atoms with Crippen molar-refractivity contribution in [2.75, 3.05) is 5.32 Å². The van der Waals surface area contributed by atoms with E-state index in [1.54, 1.807) is 19.4 Å². The molecule has 0 aromatic carbocycles. The lowest BCUT2D eigenvalue weighted by atomic mass is 10.4. The van der Waals surface area contributed by atoms with Crippen molar-refractivity contribution in [2.24, 2.45) is 7.05 Å². The Morgan fingerprint density at radius 1 is 1.40 bits per heavy atom. The summed E-state index contributed by atoms with van der Waals surface area (Å²) in [5, 5.41) is 11.3. The first-order valence-electron chi connectivity index (χ1n) is 4.44. The largest absolute Gasteiger partial charge is 0.364 e. The topological polar surface area (TPSA) is 55.6 Å². The third-order valence-corrected chi connectivity index (χ3v) is 2.29. The minimum absolute atomic E-state index is 0.627. The Labute approximate surface area is 95.7 Å². The number of anilines is 1. The number of hydrogen-bond donors (Lipinski definition) is 1. The molecular formula is C9H10BrN5. The van der Waals surface area contributed by atoms with Crippen molar-refractivity contribution in [3.05, 3.63) is 34.7 Å². The predicted molar refractivity (Wildman–Crippen MR) is 60.3 cm³/mol. The van der Waals surface area contributed by atoms with E-state index in [2.05, 4.69) is 36.4 Å². The number of rotatable bonds is 3. The Morgan fingerprint density at radius 3 is 2.87 bits per heavy atom. The summed E-state index contributed by atoms with van der Waals surface area (Å²) in [6.45, 7) is 0.627. The van der Waals surface area contributed by atoms with Crippen molar-refractivity contribution in [1.82, 2.24) is 20.0 Å². The van der Waals surface area contributed by atoms with Crippen LogP contribution in [0, 0.1) is 0 Å². The van der Waals surface area contributed by atoms with Gasteiger partial charge in [-0.1, -0.05) is 0 Å². The van der Waals surface area contributed by atoms with E-state index in [4.69, 9.17) is 0 Å². The number of hydrogen-bond acceptors (Lipinski definition) is 4. The molecule has 0 amide bonds. The van der Waals surface area contributed by atoms with Gasteiger partial charge in [-0.15, -0.1) is 0 Å². The highest BCUT2D eigenvalue weighted by Gasteiger charge is 1.98. The Kier molecular flexibility index (Phi) is 2.96. The van der Waals surface area contributed by atoms with E-state index < -0.39 is 0 Å². The second-order valence-electron chi connectivity index (χ2n) is 3.04. The standard InChI is InChI=1S/C9H10BrN5/c1-15-13-6-8(14-15)5-12-9-3-2-7(10)4-11-9/h2-4,6H,5H2,1H3,(H,11,12). The molecule has 5 nitrogen and oxygen atoms in total. The van der Waals surface area contributed by atoms with Crippen LogP contribution in [0.2, 0.25) is 0 Å². The Balaban J connectivity index is 1.96. The summed E-state index contributed by atoms with van der Waals surface area (Å²) in [6, 6.07) is 3.84. The van der Waals surface area contributed by atoms with E-state index in [1.165, 1.54) is 4.80 Å². The number of nitrogens with zero attached hydrogens (tertiary/aromatic N) is 4. The van der Waals surface area contributed by atoms with Gasteiger partial charge >= 0.3 is 0 Å². The maximum atomic E-state index is 4.19. The zero-order valence-corrected chi connectivity index (χ0v) is 9.77. The Bertz CT molecular complexity index is 436. The van der Waals surface area contributed by atoms with Crippen molar-refractivity contribution in [3.8, 4) is 0 Å². The number of halogens is 1. The molecule has 0 aliphatic rings. The molecule has 2 aromatic heterocycles. The summed E-state index contributed by atoms with van der Waals surface area (Å²) in [5.41, 5.74) is 0.891. The van der Waals surface area contributed by atoms with Crippen LogP contribution in [0.15, 0.2) is 29.0 Å². The molecule has 2 rings (SSSR count). The van der Waals surface area contributed by atoms with Gasteiger partial charge in [0.25, 0.3) is 0 Å². The second-order valence-corrected chi connectivity index (χ2v) is 3.96. The maximum Gasteiger partial charge on any atom is 0.126 e. The van der Waals surface area contributed by atoms with Crippen LogP contribution in [0.25, 0.3) is 0 Å². The molecule has 2 heterocycles. The fraction of sp³-hybridized carbons (Fsp3) is 0.222. The summed E-state index contributed by atoms with van der Waals surface area (Å²) < 4.78 is 0.965. The van der Waals surface area contributed by atoms with Gasteiger partial charge in [0.2, 0.25) is 0 Å². The third-order valence-electron chi connectivity index (χ3n) is 1.83. The van der Waals surface area contributed by atoms with Gasteiger partial charge in [0.1, 0.15) is 11.5 Å². The van der Waals surface area contributed by atoms with E-state index in [0.717, 1.165) is 16.0 Å². The van der Waals surface area contributed by atoms with Crippen molar-refractivity contribution >= 4 is 21.7 Å². The molecule has 0 spiro atoms. The molecule has 0 aliphatic carbocycles. The lowest BCUT2D eigenvalue weighted by Crippen LogP contribution is -2.02. The highest BCUT2D eigenvalue weighted by Crippen LogP contribution is 2.10. The van der Waals surface area contributed by atoms with Gasteiger partial charge in [-0.05, 0) is 28.1 Å². The fourth-order valence-corrected chi connectivity index (χ4v) is 1.36. The third kappa shape index (κ3) is 2.76. The van der Waals surface area contributed by atoms with E-state index in [9.17, 15) is 0 Å². The van der Waals surface area contributed by atoms with E-state index in [-0.39, 0.29) is 0 Å². The Hall–Kier alpha value is -1.43. The molecule has 0 saturated carbocycles. The number of aryl methyl sites for hydroxylation is 1. The number of nitrogens with one attached hydrogen (secondary N) is 1.